The monoisotopic (exact) mass is 571 g/mol. The maximum absolute atomic E-state index is 13.6. The van der Waals surface area contributed by atoms with Crippen LogP contribution in [0.5, 0.6) is 0 Å². The molecule has 9 heteroatoms. The van der Waals surface area contributed by atoms with Crippen LogP contribution in [0.15, 0.2) is 59.3 Å². The van der Waals surface area contributed by atoms with Crippen LogP contribution in [0.2, 0.25) is 10.0 Å². The molecule has 1 saturated heterocycles. The Balaban J connectivity index is 1.26. The number of pyridine rings is 1. The van der Waals surface area contributed by atoms with E-state index in [2.05, 4.69) is 35.0 Å². The lowest BCUT2D eigenvalue weighted by molar-refractivity contribution is -0.136. The number of piperidine rings is 1. The Morgan fingerprint density at radius 1 is 1.00 bits per heavy atom. The minimum atomic E-state index is -4.43. The fourth-order valence-electron chi connectivity index (χ4n) is 5.89. The number of aromatic nitrogens is 2. The molecule has 4 nitrogen and oxygen atoms in total. The predicted octanol–water partition coefficient (Wildman–Crippen LogP) is 9.41. The Labute approximate surface area is 234 Å². The van der Waals surface area contributed by atoms with Gasteiger partial charge in [0.25, 0.3) is 0 Å². The summed E-state index contributed by atoms with van der Waals surface area (Å²) in [6.07, 6.45) is 1.78. The molecule has 1 aliphatic carbocycles. The number of allylic oxidation sites excluding steroid dienone is 2. The average molecular weight is 572 g/mol. The van der Waals surface area contributed by atoms with Crippen molar-refractivity contribution in [1.29, 1.82) is 0 Å². The largest absolute Gasteiger partial charge is 0.417 e. The van der Waals surface area contributed by atoms with Crippen molar-refractivity contribution in [1.82, 2.24) is 10.1 Å². The Bertz CT molecular complexity index is 1580. The second-order valence-corrected chi connectivity index (χ2v) is 11.6. The lowest BCUT2D eigenvalue weighted by Crippen LogP contribution is -2.42. The molecule has 6 rings (SSSR count). The summed E-state index contributed by atoms with van der Waals surface area (Å²) in [6.45, 7) is 5.64. The lowest BCUT2D eigenvalue weighted by atomic mass is 9.63. The van der Waals surface area contributed by atoms with Gasteiger partial charge in [0.2, 0.25) is 0 Å². The molecule has 1 aliphatic heterocycles. The maximum atomic E-state index is 13.6. The molecule has 0 atom stereocenters. The van der Waals surface area contributed by atoms with Crippen molar-refractivity contribution in [3.8, 4) is 11.3 Å². The predicted molar refractivity (Wildman–Crippen MR) is 149 cm³/mol. The molecule has 2 aromatic heterocycles. The van der Waals surface area contributed by atoms with E-state index < -0.39 is 11.7 Å². The summed E-state index contributed by atoms with van der Waals surface area (Å²) in [7, 11) is 0. The number of nitrogens with zero attached hydrogens (tertiary/aromatic N) is 3. The Hall–Kier alpha value is -3.03. The van der Waals surface area contributed by atoms with E-state index in [1.165, 1.54) is 11.8 Å². The zero-order valence-corrected chi connectivity index (χ0v) is 23.0. The molecule has 0 amide bonds. The molecule has 0 bridgehead atoms. The van der Waals surface area contributed by atoms with E-state index in [0.29, 0.717) is 26.8 Å². The van der Waals surface area contributed by atoms with Crippen LogP contribution in [0.25, 0.3) is 27.7 Å². The number of anilines is 1. The molecule has 0 unspecified atom stereocenters. The lowest BCUT2D eigenvalue weighted by Gasteiger charge is -2.47. The van der Waals surface area contributed by atoms with Crippen molar-refractivity contribution < 1.29 is 17.7 Å². The normalized spacial score (nSPS) is 17.1. The van der Waals surface area contributed by atoms with Crippen LogP contribution in [0.3, 0.4) is 0 Å². The Morgan fingerprint density at radius 2 is 1.69 bits per heavy atom. The molecule has 3 heterocycles. The van der Waals surface area contributed by atoms with Crippen LogP contribution in [-0.4, -0.2) is 23.2 Å². The van der Waals surface area contributed by atoms with Crippen LogP contribution in [0.1, 0.15) is 55.9 Å². The Kier molecular flexibility index (Phi) is 6.42. The smallest absolute Gasteiger partial charge is 0.371 e. The number of benzene rings is 2. The van der Waals surface area contributed by atoms with Gasteiger partial charge in [0.1, 0.15) is 11.5 Å². The van der Waals surface area contributed by atoms with Gasteiger partial charge in [0.05, 0.1) is 21.1 Å². The van der Waals surface area contributed by atoms with Crippen LogP contribution in [-0.2, 0) is 6.18 Å². The van der Waals surface area contributed by atoms with Crippen LogP contribution >= 0.6 is 23.2 Å². The van der Waals surface area contributed by atoms with Crippen LogP contribution < -0.4 is 4.90 Å². The first-order valence-corrected chi connectivity index (χ1v) is 13.7. The molecule has 1 fully saturated rings. The van der Waals surface area contributed by atoms with Crippen molar-refractivity contribution in [3.05, 3.63) is 81.7 Å². The first kappa shape index (κ1) is 26.2. The van der Waals surface area contributed by atoms with Gasteiger partial charge < -0.3 is 9.42 Å². The van der Waals surface area contributed by atoms with Crippen LogP contribution in [0.4, 0.5) is 18.9 Å². The summed E-state index contributed by atoms with van der Waals surface area (Å²) >= 11 is 13.0. The van der Waals surface area contributed by atoms with E-state index in [9.17, 15) is 13.2 Å². The minimum absolute atomic E-state index is 0.0361. The van der Waals surface area contributed by atoms with Gasteiger partial charge in [-0.25, -0.2) is 0 Å². The molecule has 202 valence electrons. The summed E-state index contributed by atoms with van der Waals surface area (Å²) in [6, 6.07) is 11.6. The van der Waals surface area contributed by atoms with E-state index in [1.54, 1.807) is 30.3 Å². The molecule has 4 aromatic rings. The highest BCUT2D eigenvalue weighted by Gasteiger charge is 2.42. The third-order valence-corrected chi connectivity index (χ3v) is 8.57. The number of rotatable bonds is 4. The number of halogens is 5. The van der Waals surface area contributed by atoms with Crippen molar-refractivity contribution in [3.63, 3.8) is 0 Å². The number of hydrogen-bond acceptors (Lipinski definition) is 4. The highest BCUT2D eigenvalue weighted by Crippen LogP contribution is 2.54. The van der Waals surface area contributed by atoms with Gasteiger partial charge in [-0.15, -0.1) is 0 Å². The minimum Gasteiger partial charge on any atom is -0.371 e. The molecular weight excluding hydrogens is 546 g/mol. The van der Waals surface area contributed by atoms with Gasteiger partial charge in [-0.05, 0) is 66.6 Å². The van der Waals surface area contributed by atoms with Gasteiger partial charge >= 0.3 is 6.18 Å². The molecule has 39 heavy (non-hydrogen) atoms. The summed E-state index contributed by atoms with van der Waals surface area (Å²) in [5, 5.41) is 5.57. The van der Waals surface area contributed by atoms with E-state index in [-0.39, 0.29) is 16.7 Å². The van der Waals surface area contributed by atoms with E-state index >= 15 is 0 Å². The topological polar surface area (TPSA) is 42.2 Å². The molecular formula is C30H26Cl2F3N3O. The standard InChI is InChI=1S/C30H26Cl2F3N3O/c1-17(2)28-25(27(37-39-28)26-22(31)4-3-5-23(26)32)18-15-29(16-18)9-12-38(13-10-29)19-6-7-24-20(14-19)21(8-11-36-24)30(33,34)35/h3-8,11,14-15,17H,9-10,12-13,16H2,1-2H3. The van der Waals surface area contributed by atoms with Gasteiger partial charge in [0, 0.05) is 47.4 Å². The van der Waals surface area contributed by atoms with Gasteiger partial charge in [-0.1, -0.05) is 54.3 Å². The van der Waals surface area contributed by atoms with Gasteiger partial charge in [-0.3, -0.25) is 4.98 Å². The molecule has 2 aromatic carbocycles. The third kappa shape index (κ3) is 4.59. The maximum Gasteiger partial charge on any atom is 0.417 e. The van der Waals surface area contributed by atoms with Crippen molar-refractivity contribution >= 4 is 45.4 Å². The van der Waals surface area contributed by atoms with E-state index in [1.807, 2.05) is 6.07 Å². The average Bonchev–Trinajstić information content (AvgIpc) is 3.30. The Morgan fingerprint density at radius 3 is 2.33 bits per heavy atom. The second kappa shape index (κ2) is 9.56. The summed E-state index contributed by atoms with van der Waals surface area (Å²) < 4.78 is 46.6. The third-order valence-electron chi connectivity index (χ3n) is 7.94. The van der Waals surface area contributed by atoms with E-state index in [0.717, 1.165) is 55.4 Å². The second-order valence-electron chi connectivity index (χ2n) is 10.8. The number of hydrogen-bond donors (Lipinski definition) is 0. The van der Waals surface area contributed by atoms with Crippen molar-refractivity contribution in [2.75, 3.05) is 18.0 Å². The number of fused-ring (bicyclic) bond motifs is 1. The van der Waals surface area contributed by atoms with Crippen molar-refractivity contribution in [2.45, 2.75) is 45.2 Å². The molecule has 0 radical (unpaired) electrons. The fraction of sp³-hybridized carbons (Fsp3) is 0.333. The fourth-order valence-corrected chi connectivity index (χ4v) is 6.47. The SMILES string of the molecule is CC(C)c1onc(-c2c(Cl)cccc2Cl)c1C1=CC2(CCN(c3ccc4nccc(C(F)(F)F)c4c3)CC2)C1. The summed E-state index contributed by atoms with van der Waals surface area (Å²) in [5.41, 5.74) is 3.99. The van der Waals surface area contributed by atoms with Gasteiger partial charge in [-0.2, -0.15) is 13.2 Å². The zero-order valence-electron chi connectivity index (χ0n) is 21.4. The van der Waals surface area contributed by atoms with Crippen LogP contribution in [0, 0.1) is 5.41 Å². The van der Waals surface area contributed by atoms with E-state index in [4.69, 9.17) is 27.7 Å². The molecule has 2 aliphatic rings. The number of alkyl halides is 3. The first-order valence-electron chi connectivity index (χ1n) is 12.9. The molecule has 0 N–H and O–H groups in total. The van der Waals surface area contributed by atoms with Crippen molar-refractivity contribution in [2.24, 2.45) is 5.41 Å². The highest BCUT2D eigenvalue weighted by atomic mass is 35.5. The van der Waals surface area contributed by atoms with Gasteiger partial charge in [0.15, 0.2) is 0 Å². The summed E-state index contributed by atoms with van der Waals surface area (Å²) in [4.78, 5) is 6.29. The summed E-state index contributed by atoms with van der Waals surface area (Å²) in [5.74, 6) is 0.940. The highest BCUT2D eigenvalue weighted by molar-refractivity contribution is 6.39. The molecule has 1 spiro atoms. The molecule has 0 saturated carbocycles. The quantitative estimate of drug-likeness (QED) is 0.244. The first-order chi connectivity index (χ1) is 18.6. The zero-order chi connectivity index (χ0) is 27.5.